The SMILES string of the molecule is O=C(Nc1c[c]ccc1)Nc1ccc(Cl)cc1. The Morgan fingerprint density at radius 1 is 1.06 bits per heavy atom. The highest BCUT2D eigenvalue weighted by atomic mass is 35.5. The zero-order valence-electron chi connectivity index (χ0n) is 8.91. The maximum Gasteiger partial charge on any atom is 0.323 e. The summed E-state index contributed by atoms with van der Waals surface area (Å²) in [6, 6.07) is 16.5. The lowest BCUT2D eigenvalue weighted by Gasteiger charge is -2.07. The number of halogens is 1. The summed E-state index contributed by atoms with van der Waals surface area (Å²) >= 11 is 5.75. The molecular weight excluding hydrogens is 236 g/mol. The quantitative estimate of drug-likeness (QED) is 0.831. The Labute approximate surface area is 104 Å². The average molecular weight is 246 g/mol. The molecule has 17 heavy (non-hydrogen) atoms. The van der Waals surface area contributed by atoms with Gasteiger partial charge >= 0.3 is 6.03 Å². The Morgan fingerprint density at radius 2 is 1.76 bits per heavy atom. The number of anilines is 2. The molecule has 4 heteroatoms. The van der Waals surface area contributed by atoms with Crippen LogP contribution in [0.4, 0.5) is 16.2 Å². The van der Waals surface area contributed by atoms with Crippen molar-refractivity contribution in [1.29, 1.82) is 0 Å². The van der Waals surface area contributed by atoms with E-state index in [0.717, 1.165) is 0 Å². The van der Waals surface area contributed by atoms with Crippen molar-refractivity contribution in [2.45, 2.75) is 0 Å². The van der Waals surface area contributed by atoms with Gasteiger partial charge in [0.15, 0.2) is 0 Å². The van der Waals surface area contributed by atoms with Gasteiger partial charge in [0, 0.05) is 16.4 Å². The molecule has 0 spiro atoms. The first kappa shape index (κ1) is 11.5. The van der Waals surface area contributed by atoms with Gasteiger partial charge in [0.05, 0.1) is 0 Å². The van der Waals surface area contributed by atoms with Gasteiger partial charge in [-0.05, 0) is 42.5 Å². The average Bonchev–Trinajstić information content (AvgIpc) is 2.33. The number of hydrogen-bond acceptors (Lipinski definition) is 1. The van der Waals surface area contributed by atoms with Crippen molar-refractivity contribution in [3.05, 3.63) is 59.6 Å². The fourth-order valence-electron chi connectivity index (χ4n) is 1.30. The van der Waals surface area contributed by atoms with E-state index in [9.17, 15) is 4.79 Å². The van der Waals surface area contributed by atoms with E-state index in [4.69, 9.17) is 11.6 Å². The van der Waals surface area contributed by atoms with Crippen molar-refractivity contribution in [2.75, 3.05) is 10.6 Å². The molecule has 2 aromatic carbocycles. The molecule has 3 nitrogen and oxygen atoms in total. The van der Waals surface area contributed by atoms with Crippen molar-refractivity contribution in [3.63, 3.8) is 0 Å². The number of rotatable bonds is 2. The summed E-state index contributed by atoms with van der Waals surface area (Å²) in [5, 5.41) is 6.02. The molecule has 0 fully saturated rings. The molecule has 2 N–H and O–H groups in total. The summed E-state index contributed by atoms with van der Waals surface area (Å²) in [6.45, 7) is 0. The molecule has 0 unspecified atom stereocenters. The van der Waals surface area contributed by atoms with Crippen molar-refractivity contribution in [3.8, 4) is 0 Å². The summed E-state index contributed by atoms with van der Waals surface area (Å²) in [6.07, 6.45) is 0. The lowest BCUT2D eigenvalue weighted by molar-refractivity contribution is 0.262. The van der Waals surface area contributed by atoms with Gasteiger partial charge in [-0.2, -0.15) is 0 Å². The molecule has 85 valence electrons. The molecule has 0 aliphatic carbocycles. The number of urea groups is 1. The Balaban J connectivity index is 1.96. The van der Waals surface area contributed by atoms with Crippen LogP contribution in [0, 0.1) is 6.07 Å². The number of carbonyl (C=O) groups excluding carboxylic acids is 1. The Kier molecular flexibility index (Phi) is 3.62. The summed E-state index contributed by atoms with van der Waals surface area (Å²) in [7, 11) is 0. The van der Waals surface area contributed by atoms with Gasteiger partial charge in [-0.15, -0.1) is 0 Å². The van der Waals surface area contributed by atoms with Crippen LogP contribution < -0.4 is 10.6 Å². The van der Waals surface area contributed by atoms with Crippen LogP contribution in [0.25, 0.3) is 0 Å². The van der Waals surface area contributed by atoms with E-state index in [0.29, 0.717) is 16.4 Å². The standard InChI is InChI=1S/C13H10ClN2O/c14-10-6-8-12(9-7-10)16-13(17)15-11-4-2-1-3-5-11/h1-2,4-9H,(H2,15,16,17). The molecule has 0 bridgehead atoms. The Morgan fingerprint density at radius 3 is 2.41 bits per heavy atom. The maximum atomic E-state index is 11.6. The number of benzene rings is 2. The third kappa shape index (κ3) is 3.50. The molecule has 0 aliphatic rings. The molecule has 0 heterocycles. The van der Waals surface area contributed by atoms with Gasteiger partial charge < -0.3 is 10.6 Å². The van der Waals surface area contributed by atoms with Crippen LogP contribution in [0.3, 0.4) is 0 Å². The molecule has 2 amide bonds. The van der Waals surface area contributed by atoms with Gasteiger partial charge in [0.2, 0.25) is 0 Å². The van der Waals surface area contributed by atoms with Crippen LogP contribution in [-0.4, -0.2) is 6.03 Å². The lowest BCUT2D eigenvalue weighted by atomic mass is 10.3. The van der Waals surface area contributed by atoms with Crippen molar-refractivity contribution in [2.24, 2.45) is 0 Å². The van der Waals surface area contributed by atoms with Crippen LogP contribution in [0.15, 0.2) is 48.5 Å². The minimum atomic E-state index is -0.299. The molecule has 2 aromatic rings. The zero-order valence-corrected chi connectivity index (χ0v) is 9.66. The normalized spacial score (nSPS) is 9.71. The molecule has 0 saturated heterocycles. The van der Waals surface area contributed by atoms with Crippen LogP contribution in [0.1, 0.15) is 0 Å². The van der Waals surface area contributed by atoms with E-state index < -0.39 is 0 Å². The number of carbonyl (C=O) groups is 1. The molecule has 1 radical (unpaired) electrons. The fraction of sp³-hybridized carbons (Fsp3) is 0. The number of amides is 2. The first-order chi connectivity index (χ1) is 8.24. The lowest BCUT2D eigenvalue weighted by Crippen LogP contribution is -2.19. The molecule has 0 aliphatic heterocycles. The monoisotopic (exact) mass is 245 g/mol. The molecule has 0 saturated carbocycles. The van der Waals surface area contributed by atoms with Crippen LogP contribution in [0.2, 0.25) is 5.02 Å². The fourth-order valence-corrected chi connectivity index (χ4v) is 1.42. The zero-order chi connectivity index (χ0) is 12.1. The molecule has 0 atom stereocenters. The summed E-state index contributed by atoms with van der Waals surface area (Å²) < 4.78 is 0. The highest BCUT2D eigenvalue weighted by Crippen LogP contribution is 2.13. The second-order valence-electron chi connectivity index (χ2n) is 3.38. The first-order valence-electron chi connectivity index (χ1n) is 5.04. The molecule has 2 rings (SSSR count). The first-order valence-corrected chi connectivity index (χ1v) is 5.41. The third-order valence-corrected chi connectivity index (χ3v) is 2.32. The van der Waals surface area contributed by atoms with Gasteiger partial charge in [-0.1, -0.05) is 23.7 Å². The van der Waals surface area contributed by atoms with Crippen molar-refractivity contribution in [1.82, 2.24) is 0 Å². The smallest absolute Gasteiger partial charge is 0.308 e. The van der Waals surface area contributed by atoms with Gasteiger partial charge in [-0.25, -0.2) is 4.79 Å². The van der Waals surface area contributed by atoms with E-state index in [-0.39, 0.29) is 6.03 Å². The van der Waals surface area contributed by atoms with Gasteiger partial charge in [-0.3, -0.25) is 0 Å². The summed E-state index contributed by atoms with van der Waals surface area (Å²) in [4.78, 5) is 11.6. The largest absolute Gasteiger partial charge is 0.323 e. The maximum absolute atomic E-state index is 11.6. The predicted octanol–water partition coefficient (Wildman–Crippen LogP) is 3.78. The Bertz CT molecular complexity index is 497. The van der Waals surface area contributed by atoms with E-state index in [2.05, 4.69) is 16.7 Å². The molecular formula is C13H10ClN2O. The van der Waals surface area contributed by atoms with Crippen LogP contribution in [0.5, 0.6) is 0 Å². The van der Waals surface area contributed by atoms with E-state index in [1.165, 1.54) is 0 Å². The van der Waals surface area contributed by atoms with E-state index in [1.54, 1.807) is 48.5 Å². The van der Waals surface area contributed by atoms with Crippen LogP contribution >= 0.6 is 11.6 Å². The van der Waals surface area contributed by atoms with Crippen LogP contribution in [-0.2, 0) is 0 Å². The Hall–Kier alpha value is -2.00. The van der Waals surface area contributed by atoms with Gasteiger partial charge in [0.1, 0.15) is 0 Å². The van der Waals surface area contributed by atoms with Crippen molar-refractivity contribution >= 4 is 29.0 Å². The van der Waals surface area contributed by atoms with E-state index in [1.807, 2.05) is 0 Å². The molecule has 0 aromatic heterocycles. The minimum Gasteiger partial charge on any atom is -0.308 e. The third-order valence-electron chi connectivity index (χ3n) is 2.07. The minimum absolute atomic E-state index is 0.299. The number of nitrogens with one attached hydrogen (secondary N) is 2. The topological polar surface area (TPSA) is 41.1 Å². The van der Waals surface area contributed by atoms with Crippen molar-refractivity contribution < 1.29 is 4.79 Å². The number of hydrogen-bond donors (Lipinski definition) is 2. The highest BCUT2D eigenvalue weighted by Gasteiger charge is 2.01. The highest BCUT2D eigenvalue weighted by molar-refractivity contribution is 6.30. The predicted molar refractivity (Wildman–Crippen MR) is 69.4 cm³/mol. The van der Waals surface area contributed by atoms with E-state index >= 15 is 0 Å². The van der Waals surface area contributed by atoms with Gasteiger partial charge in [0.25, 0.3) is 0 Å². The second-order valence-corrected chi connectivity index (χ2v) is 3.81. The second kappa shape index (κ2) is 5.37. The summed E-state index contributed by atoms with van der Waals surface area (Å²) in [5.74, 6) is 0. The summed E-state index contributed by atoms with van der Waals surface area (Å²) in [5.41, 5.74) is 1.38.